The molecule has 13 aromatic carbocycles. The second-order valence-electron chi connectivity index (χ2n) is 21.3. The number of anilines is 6. The molecule has 0 fully saturated rings. The normalized spacial score (nSPS) is 12.8. The van der Waals surface area contributed by atoms with Gasteiger partial charge in [-0.15, -0.1) is 0 Å². The predicted octanol–water partition coefficient (Wildman–Crippen LogP) is 20.0. The summed E-state index contributed by atoms with van der Waals surface area (Å²) < 4.78 is 13.7. The Labute approximate surface area is 465 Å². The molecule has 2 aliphatic carbocycles. The number of nitrogens with zero attached hydrogens (tertiary/aromatic N) is 4. The standard InChI is InChI=1S/C75H42N4O2/c76-43-45-27-31-47(32-28-45)78(69-23-11-20-60-58-18-6-9-25-71(58)80-73(60)69)49-35-37-56-57-38-36-50(79(48-33-29-46(44-77)30-34-48)70-24-12-21-61-59-19-7-10-26-72(59)81-74(61)70)40-67(57)75(66(56)39-49)65-22-8-5-17-55(65)64-41-62-53-15-3-1-13-51(53)52-14-2-4-16-54(52)63(62)42-68(64)75/h1-42H. The summed E-state index contributed by atoms with van der Waals surface area (Å²) in [5, 5.41) is 31.5. The van der Waals surface area contributed by atoms with Crippen LogP contribution in [0.1, 0.15) is 33.4 Å². The van der Waals surface area contributed by atoms with E-state index in [1.807, 2.05) is 72.8 Å². The second kappa shape index (κ2) is 16.9. The molecule has 0 unspecified atom stereocenters. The van der Waals surface area contributed by atoms with Gasteiger partial charge in [-0.25, -0.2) is 0 Å². The largest absolute Gasteiger partial charge is 0.454 e. The first-order valence-corrected chi connectivity index (χ1v) is 27.3. The van der Waals surface area contributed by atoms with Crippen molar-refractivity contribution in [3.05, 3.63) is 288 Å². The van der Waals surface area contributed by atoms with Crippen LogP contribution in [0.4, 0.5) is 34.1 Å². The number of rotatable bonds is 6. The molecule has 2 aliphatic rings. The van der Waals surface area contributed by atoms with Gasteiger partial charge in [-0.2, -0.15) is 10.5 Å². The van der Waals surface area contributed by atoms with Crippen molar-refractivity contribution in [3.63, 3.8) is 0 Å². The molecule has 17 rings (SSSR count). The van der Waals surface area contributed by atoms with Gasteiger partial charge in [-0.1, -0.05) is 146 Å². The van der Waals surface area contributed by atoms with Gasteiger partial charge in [0.1, 0.15) is 11.2 Å². The molecule has 0 N–H and O–H groups in total. The summed E-state index contributed by atoms with van der Waals surface area (Å²) in [4.78, 5) is 4.58. The zero-order valence-electron chi connectivity index (χ0n) is 43.4. The molecule has 6 heteroatoms. The monoisotopic (exact) mass is 1030 g/mol. The number of benzene rings is 13. The van der Waals surface area contributed by atoms with E-state index in [1.54, 1.807) is 0 Å². The first kappa shape index (κ1) is 44.9. The fraction of sp³-hybridized carbons (Fsp3) is 0.0133. The van der Waals surface area contributed by atoms with E-state index < -0.39 is 5.41 Å². The van der Waals surface area contributed by atoms with Crippen LogP contribution in [-0.2, 0) is 5.41 Å². The van der Waals surface area contributed by atoms with Crippen LogP contribution in [0.5, 0.6) is 0 Å². The molecule has 374 valence electrons. The van der Waals surface area contributed by atoms with Gasteiger partial charge in [0.25, 0.3) is 0 Å². The average Bonchev–Trinajstić information content (AvgIpc) is 3.31. The van der Waals surface area contributed by atoms with E-state index >= 15 is 0 Å². The van der Waals surface area contributed by atoms with E-state index in [9.17, 15) is 10.5 Å². The van der Waals surface area contributed by atoms with E-state index in [4.69, 9.17) is 8.83 Å². The van der Waals surface area contributed by atoms with E-state index in [-0.39, 0.29) is 0 Å². The van der Waals surface area contributed by atoms with Crippen LogP contribution in [-0.4, -0.2) is 0 Å². The Balaban J connectivity index is 0.982. The van der Waals surface area contributed by atoms with Crippen molar-refractivity contribution in [2.45, 2.75) is 5.41 Å². The van der Waals surface area contributed by atoms with Crippen LogP contribution < -0.4 is 9.80 Å². The lowest BCUT2D eigenvalue weighted by Crippen LogP contribution is -2.26. The molecule has 0 atom stereocenters. The van der Waals surface area contributed by atoms with Crippen molar-refractivity contribution in [1.82, 2.24) is 0 Å². The number of fused-ring (bicyclic) bond motifs is 22. The number of hydrogen-bond acceptors (Lipinski definition) is 6. The third-order valence-electron chi connectivity index (χ3n) is 17.3. The van der Waals surface area contributed by atoms with Gasteiger partial charge < -0.3 is 18.6 Å². The molecular weight excluding hydrogens is 989 g/mol. The molecular formula is C75H42N4O2. The molecule has 2 heterocycles. The molecule has 0 amide bonds. The number of furan rings is 2. The summed E-state index contributed by atoms with van der Waals surface area (Å²) in [6, 6.07) is 95.2. The summed E-state index contributed by atoms with van der Waals surface area (Å²) in [6.07, 6.45) is 0. The fourth-order valence-corrected chi connectivity index (χ4v) is 13.9. The van der Waals surface area contributed by atoms with Crippen molar-refractivity contribution < 1.29 is 8.83 Å². The SMILES string of the molecule is N#Cc1ccc(N(c2ccc3c(c2)C2(c4ccccc4-c4cc5c6ccccc6c6ccccc6c5cc42)c2cc(N(c4ccc(C#N)cc4)c4cccc5c4oc4ccccc45)ccc2-3)c2cccc3c2oc2ccccc23)cc1. The van der Waals surface area contributed by atoms with Crippen molar-refractivity contribution in [2.24, 2.45) is 0 Å². The Bertz CT molecular complexity index is 5060. The lowest BCUT2D eigenvalue weighted by molar-refractivity contribution is 0.668. The Hall–Kier alpha value is -11.2. The van der Waals surface area contributed by atoms with Crippen molar-refractivity contribution in [2.75, 3.05) is 9.80 Å². The van der Waals surface area contributed by atoms with Crippen molar-refractivity contribution in [1.29, 1.82) is 10.5 Å². The Kier molecular flexibility index (Phi) is 9.37. The van der Waals surface area contributed by atoms with Crippen LogP contribution in [0.15, 0.2) is 264 Å². The maximum atomic E-state index is 10.1. The van der Waals surface area contributed by atoms with Crippen LogP contribution in [0.2, 0.25) is 0 Å². The van der Waals surface area contributed by atoms with E-state index in [0.717, 1.165) is 100 Å². The quantitative estimate of drug-likeness (QED) is 0.154. The van der Waals surface area contributed by atoms with Gasteiger partial charge in [0.15, 0.2) is 11.2 Å². The van der Waals surface area contributed by atoms with Crippen LogP contribution in [0.25, 0.3) is 98.4 Å². The second-order valence-corrected chi connectivity index (χ2v) is 21.3. The molecule has 0 aliphatic heterocycles. The number of hydrogen-bond donors (Lipinski definition) is 0. The molecule has 2 aromatic heterocycles. The highest BCUT2D eigenvalue weighted by atomic mass is 16.3. The van der Waals surface area contributed by atoms with Gasteiger partial charge in [0, 0.05) is 44.3 Å². The predicted molar refractivity (Wildman–Crippen MR) is 329 cm³/mol. The Morgan fingerprint density at radius 3 is 1.16 bits per heavy atom. The van der Waals surface area contributed by atoms with E-state index in [2.05, 4.69) is 204 Å². The highest BCUT2D eigenvalue weighted by molar-refractivity contribution is 6.26. The van der Waals surface area contributed by atoms with Crippen molar-refractivity contribution in [3.8, 4) is 34.4 Å². The van der Waals surface area contributed by atoms with E-state index in [1.165, 1.54) is 54.6 Å². The summed E-state index contributed by atoms with van der Waals surface area (Å²) >= 11 is 0. The minimum absolute atomic E-state index is 0.582. The maximum Gasteiger partial charge on any atom is 0.159 e. The van der Waals surface area contributed by atoms with Gasteiger partial charge in [-0.05, 0) is 186 Å². The summed E-state index contributed by atoms with van der Waals surface area (Å²) in [5.74, 6) is 0. The first-order chi connectivity index (χ1) is 40.1. The highest BCUT2D eigenvalue weighted by Crippen LogP contribution is 2.65. The zero-order valence-corrected chi connectivity index (χ0v) is 43.4. The van der Waals surface area contributed by atoms with Gasteiger partial charge >= 0.3 is 0 Å². The topological polar surface area (TPSA) is 80.3 Å². The smallest absolute Gasteiger partial charge is 0.159 e. The molecule has 0 bridgehead atoms. The molecule has 6 nitrogen and oxygen atoms in total. The number of nitriles is 2. The average molecular weight is 1030 g/mol. The maximum absolute atomic E-state index is 10.1. The van der Waals surface area contributed by atoms with Gasteiger partial charge in [0.05, 0.1) is 40.1 Å². The lowest BCUT2D eigenvalue weighted by Gasteiger charge is -2.33. The summed E-state index contributed by atoms with van der Waals surface area (Å²) in [7, 11) is 0. The fourth-order valence-electron chi connectivity index (χ4n) is 13.9. The first-order valence-electron chi connectivity index (χ1n) is 27.3. The minimum atomic E-state index is -0.840. The third-order valence-corrected chi connectivity index (χ3v) is 17.3. The lowest BCUT2D eigenvalue weighted by atomic mass is 9.70. The molecule has 0 saturated carbocycles. The molecule has 1 spiro atoms. The minimum Gasteiger partial charge on any atom is -0.454 e. The Morgan fingerprint density at radius 1 is 0.284 bits per heavy atom. The molecule has 81 heavy (non-hydrogen) atoms. The number of para-hydroxylation sites is 4. The molecule has 0 radical (unpaired) electrons. The molecule has 15 aromatic rings. The van der Waals surface area contributed by atoms with Crippen LogP contribution >= 0.6 is 0 Å². The zero-order chi connectivity index (χ0) is 53.5. The summed E-state index contributed by atoms with van der Waals surface area (Å²) in [6.45, 7) is 0. The van der Waals surface area contributed by atoms with Gasteiger partial charge in [0.2, 0.25) is 0 Å². The Morgan fingerprint density at radius 2 is 0.667 bits per heavy atom. The third kappa shape index (κ3) is 6.24. The van der Waals surface area contributed by atoms with E-state index in [0.29, 0.717) is 11.1 Å². The van der Waals surface area contributed by atoms with Crippen LogP contribution in [0.3, 0.4) is 0 Å². The van der Waals surface area contributed by atoms with Gasteiger partial charge in [-0.3, -0.25) is 0 Å². The highest BCUT2D eigenvalue weighted by Gasteiger charge is 2.52. The van der Waals surface area contributed by atoms with Crippen molar-refractivity contribution >= 4 is 110 Å². The molecule has 0 saturated heterocycles. The van der Waals surface area contributed by atoms with Crippen LogP contribution in [0, 0.1) is 22.7 Å². The summed E-state index contributed by atoms with van der Waals surface area (Å²) in [5.41, 5.74) is 18.3.